The maximum Gasteiger partial charge on any atom is 0.268 e. The zero-order valence-electron chi connectivity index (χ0n) is 19.8. The molecular formula is C28H24N4O3S. The van der Waals surface area contributed by atoms with Crippen LogP contribution in [0.15, 0.2) is 90.2 Å². The number of aliphatic hydroxyl groups excluding tert-OH is 1. The summed E-state index contributed by atoms with van der Waals surface area (Å²) in [5.41, 5.74) is 2.84. The topological polar surface area (TPSA) is 97.1 Å². The Morgan fingerprint density at radius 3 is 2.56 bits per heavy atom. The van der Waals surface area contributed by atoms with Crippen molar-refractivity contribution in [2.24, 2.45) is 5.92 Å². The predicted molar refractivity (Wildman–Crippen MR) is 142 cm³/mol. The van der Waals surface area contributed by atoms with Crippen molar-refractivity contribution in [3.63, 3.8) is 0 Å². The smallest absolute Gasteiger partial charge is 0.268 e. The van der Waals surface area contributed by atoms with Gasteiger partial charge in [0.15, 0.2) is 0 Å². The van der Waals surface area contributed by atoms with Crippen LogP contribution in [0.25, 0.3) is 21.8 Å². The van der Waals surface area contributed by atoms with Gasteiger partial charge in [-0.25, -0.2) is 22.4 Å². The molecule has 5 aromatic rings. The largest absolute Gasteiger partial charge is 0.380 e. The molecule has 0 bridgehead atoms. The molecule has 2 heterocycles. The number of nitrogens with zero attached hydrogens (tertiary/aromatic N) is 3. The van der Waals surface area contributed by atoms with Gasteiger partial charge in [0.25, 0.3) is 10.0 Å². The summed E-state index contributed by atoms with van der Waals surface area (Å²) in [6.07, 6.45) is 2.35. The fourth-order valence-electron chi connectivity index (χ4n) is 3.81. The Balaban J connectivity index is 1.48. The molecule has 5 rings (SSSR count). The summed E-state index contributed by atoms with van der Waals surface area (Å²) in [6, 6.07) is 21.2. The molecule has 1 unspecified atom stereocenters. The normalized spacial score (nSPS) is 12.4. The maximum atomic E-state index is 13.1. The Morgan fingerprint density at radius 1 is 0.972 bits per heavy atom. The van der Waals surface area contributed by atoms with Gasteiger partial charge >= 0.3 is 0 Å². The Morgan fingerprint density at radius 2 is 1.78 bits per heavy atom. The summed E-state index contributed by atoms with van der Waals surface area (Å²) in [5.74, 6) is 6.54. The maximum absolute atomic E-state index is 13.1. The average Bonchev–Trinajstić information content (AvgIpc) is 3.32. The van der Waals surface area contributed by atoms with Gasteiger partial charge in [0.1, 0.15) is 18.2 Å². The zero-order valence-corrected chi connectivity index (χ0v) is 20.6. The van der Waals surface area contributed by atoms with Gasteiger partial charge in [0, 0.05) is 28.2 Å². The Labute approximate surface area is 209 Å². The second-order valence-electron chi connectivity index (χ2n) is 8.74. The monoisotopic (exact) mass is 496 g/mol. The van der Waals surface area contributed by atoms with Gasteiger partial charge in [-0.1, -0.05) is 43.9 Å². The Bertz CT molecular complexity index is 1730. The molecule has 36 heavy (non-hydrogen) atoms. The van der Waals surface area contributed by atoms with Crippen LogP contribution in [0.1, 0.15) is 19.4 Å². The molecule has 2 aromatic heterocycles. The fourth-order valence-corrected chi connectivity index (χ4v) is 5.18. The molecular weight excluding hydrogens is 472 g/mol. The van der Waals surface area contributed by atoms with E-state index in [-0.39, 0.29) is 10.8 Å². The van der Waals surface area contributed by atoms with Gasteiger partial charge in [-0.05, 0) is 60.5 Å². The first-order valence-electron chi connectivity index (χ1n) is 11.5. The van der Waals surface area contributed by atoms with Gasteiger partial charge in [-0.3, -0.25) is 0 Å². The van der Waals surface area contributed by atoms with E-state index in [1.54, 1.807) is 48.7 Å². The van der Waals surface area contributed by atoms with Crippen LogP contribution in [0.3, 0.4) is 0 Å². The van der Waals surface area contributed by atoms with Crippen LogP contribution in [0, 0.1) is 17.8 Å². The van der Waals surface area contributed by atoms with Crippen molar-refractivity contribution in [3.05, 3.63) is 90.9 Å². The average molecular weight is 497 g/mol. The third-order valence-electron chi connectivity index (χ3n) is 5.85. The third kappa shape index (κ3) is 4.54. The number of nitrogens with one attached hydrogen (secondary N) is 1. The van der Waals surface area contributed by atoms with Crippen molar-refractivity contribution < 1.29 is 13.5 Å². The van der Waals surface area contributed by atoms with Crippen LogP contribution in [-0.2, 0) is 10.0 Å². The van der Waals surface area contributed by atoms with Crippen molar-refractivity contribution in [3.8, 4) is 11.8 Å². The van der Waals surface area contributed by atoms with Gasteiger partial charge in [-0.2, -0.15) is 0 Å². The molecule has 180 valence electrons. The minimum absolute atomic E-state index is 0.0472. The molecule has 0 aliphatic heterocycles. The van der Waals surface area contributed by atoms with Crippen molar-refractivity contribution in [2.75, 3.05) is 5.32 Å². The summed E-state index contributed by atoms with van der Waals surface area (Å²) in [7, 11) is -3.70. The first-order chi connectivity index (χ1) is 17.3. The number of hydrogen-bond donors (Lipinski definition) is 2. The highest BCUT2D eigenvalue weighted by Crippen LogP contribution is 2.28. The summed E-state index contributed by atoms with van der Waals surface area (Å²) in [5, 5.41) is 14.9. The SMILES string of the molecule is CC(C)C(O)C#Cc1ccc2ncnc(Nc3ccc4c(ccn4S(=O)(=O)c4ccccc4)c3)c2c1. The van der Waals surface area contributed by atoms with E-state index in [0.29, 0.717) is 11.3 Å². The molecule has 0 saturated heterocycles. The minimum Gasteiger partial charge on any atom is -0.380 e. The number of benzene rings is 3. The number of anilines is 2. The second-order valence-corrected chi connectivity index (χ2v) is 10.6. The zero-order chi connectivity index (χ0) is 25.3. The number of fused-ring (bicyclic) bond motifs is 2. The highest BCUT2D eigenvalue weighted by Gasteiger charge is 2.18. The molecule has 0 aliphatic carbocycles. The van der Waals surface area contributed by atoms with E-state index < -0.39 is 16.1 Å². The standard InChI is InChI=1S/C28H24N4O3S/c1-19(2)27(33)13-9-20-8-11-25-24(16-20)28(30-18-29-25)31-22-10-12-26-21(17-22)14-15-32(26)36(34,35)23-6-4-3-5-7-23/h3-8,10-12,14-19,27,33H,1-2H3,(H,29,30,31). The van der Waals surface area contributed by atoms with Crippen LogP contribution in [0.4, 0.5) is 11.5 Å². The lowest BCUT2D eigenvalue weighted by molar-refractivity contribution is 0.181. The quantitative estimate of drug-likeness (QED) is 0.335. The molecule has 0 saturated carbocycles. The molecule has 8 heteroatoms. The van der Waals surface area contributed by atoms with Gasteiger partial charge in [0.05, 0.1) is 15.9 Å². The molecule has 2 N–H and O–H groups in total. The van der Waals surface area contributed by atoms with Gasteiger partial charge in [-0.15, -0.1) is 0 Å². The van der Waals surface area contributed by atoms with E-state index in [1.165, 1.54) is 10.3 Å². The lowest BCUT2D eigenvalue weighted by Gasteiger charge is -2.10. The van der Waals surface area contributed by atoms with Crippen LogP contribution < -0.4 is 5.32 Å². The first kappa shape index (κ1) is 23.5. The minimum atomic E-state index is -3.70. The molecule has 0 aliphatic rings. The molecule has 0 radical (unpaired) electrons. The van der Waals surface area contributed by atoms with E-state index in [1.807, 2.05) is 44.2 Å². The fraction of sp³-hybridized carbons (Fsp3) is 0.143. The number of hydrogen-bond acceptors (Lipinski definition) is 6. The van der Waals surface area contributed by atoms with E-state index in [4.69, 9.17) is 0 Å². The van der Waals surface area contributed by atoms with E-state index in [0.717, 1.165) is 27.5 Å². The molecule has 0 fully saturated rings. The highest BCUT2D eigenvalue weighted by atomic mass is 32.2. The van der Waals surface area contributed by atoms with Gasteiger partial charge < -0.3 is 10.4 Å². The summed E-state index contributed by atoms with van der Waals surface area (Å²) < 4.78 is 27.5. The van der Waals surface area contributed by atoms with E-state index >= 15 is 0 Å². The van der Waals surface area contributed by atoms with Crippen LogP contribution >= 0.6 is 0 Å². The number of aliphatic hydroxyl groups is 1. The predicted octanol–water partition coefficient (Wildman–Crippen LogP) is 4.93. The summed E-state index contributed by atoms with van der Waals surface area (Å²) >= 11 is 0. The lowest BCUT2D eigenvalue weighted by Crippen LogP contribution is -2.11. The number of aromatic nitrogens is 3. The lowest BCUT2D eigenvalue weighted by atomic mass is 10.1. The highest BCUT2D eigenvalue weighted by molar-refractivity contribution is 7.90. The Hall–Kier alpha value is -4.19. The van der Waals surface area contributed by atoms with E-state index in [9.17, 15) is 13.5 Å². The number of rotatable bonds is 5. The molecule has 0 spiro atoms. The molecule has 7 nitrogen and oxygen atoms in total. The van der Waals surface area contributed by atoms with Crippen LogP contribution in [0.2, 0.25) is 0 Å². The van der Waals surface area contributed by atoms with Crippen molar-refractivity contribution >= 4 is 43.3 Å². The Kier molecular flexibility index (Phi) is 6.18. The van der Waals surface area contributed by atoms with Crippen molar-refractivity contribution in [2.45, 2.75) is 24.8 Å². The molecule has 0 amide bonds. The van der Waals surface area contributed by atoms with E-state index in [2.05, 4.69) is 27.1 Å². The first-order valence-corrected chi connectivity index (χ1v) is 12.9. The summed E-state index contributed by atoms with van der Waals surface area (Å²) in [4.78, 5) is 8.98. The van der Waals surface area contributed by atoms with Crippen LogP contribution in [-0.4, -0.2) is 33.6 Å². The third-order valence-corrected chi connectivity index (χ3v) is 7.55. The summed E-state index contributed by atoms with van der Waals surface area (Å²) in [6.45, 7) is 3.83. The molecule has 3 aromatic carbocycles. The van der Waals surface area contributed by atoms with Crippen LogP contribution in [0.5, 0.6) is 0 Å². The van der Waals surface area contributed by atoms with Crippen molar-refractivity contribution in [1.29, 1.82) is 0 Å². The molecule has 1 atom stereocenters. The second kappa shape index (κ2) is 9.46. The van der Waals surface area contributed by atoms with Gasteiger partial charge in [0.2, 0.25) is 0 Å². The van der Waals surface area contributed by atoms with Crippen molar-refractivity contribution in [1.82, 2.24) is 13.9 Å².